The van der Waals surface area contributed by atoms with Crippen molar-refractivity contribution in [2.45, 2.75) is 0 Å². The molecule has 2 aromatic carbocycles. The molecule has 166 valence electrons. The Labute approximate surface area is 191 Å². The molecule has 0 bridgehead atoms. The number of methoxy groups -OCH3 is 2. The lowest BCUT2D eigenvalue weighted by Gasteiger charge is -2.35. The van der Waals surface area contributed by atoms with Crippen LogP contribution < -0.4 is 19.7 Å². The van der Waals surface area contributed by atoms with Gasteiger partial charge in [0.2, 0.25) is 0 Å². The first-order valence-electron chi connectivity index (χ1n) is 10.2. The number of amides is 2. The Kier molecular flexibility index (Phi) is 6.61. The van der Waals surface area contributed by atoms with Gasteiger partial charge in [0.25, 0.3) is 0 Å². The number of benzene rings is 2. The molecular formula is C23H24ClN5O3. The van der Waals surface area contributed by atoms with Crippen molar-refractivity contribution >= 4 is 29.1 Å². The van der Waals surface area contributed by atoms with Crippen LogP contribution in [0.3, 0.4) is 0 Å². The van der Waals surface area contributed by atoms with Gasteiger partial charge in [0, 0.05) is 42.8 Å². The van der Waals surface area contributed by atoms with E-state index < -0.39 is 0 Å². The maximum atomic E-state index is 12.7. The number of rotatable bonds is 5. The molecule has 0 saturated carbocycles. The molecule has 1 fully saturated rings. The van der Waals surface area contributed by atoms with E-state index in [4.69, 9.17) is 21.1 Å². The summed E-state index contributed by atoms with van der Waals surface area (Å²) in [6.45, 7) is 2.49. The van der Waals surface area contributed by atoms with E-state index in [1.807, 2.05) is 36.4 Å². The highest BCUT2D eigenvalue weighted by atomic mass is 35.5. The van der Waals surface area contributed by atoms with Gasteiger partial charge in [-0.15, -0.1) is 10.2 Å². The second-order valence-electron chi connectivity index (χ2n) is 7.25. The van der Waals surface area contributed by atoms with Crippen LogP contribution in [-0.4, -0.2) is 61.5 Å². The number of piperazine rings is 1. The van der Waals surface area contributed by atoms with Gasteiger partial charge in [-0.3, -0.25) is 0 Å². The molecule has 0 atom stereocenters. The molecular weight excluding hydrogens is 430 g/mol. The minimum Gasteiger partial charge on any atom is -0.497 e. The molecule has 32 heavy (non-hydrogen) atoms. The standard InChI is InChI=1S/C23H24ClN5O3/c1-31-18-7-8-20(21(15-18)32-2)25-23(30)29-13-11-28(12-14-29)22-10-9-19(26-27-22)16-3-5-17(24)6-4-16/h3-10,15H,11-14H2,1-2H3,(H,25,30). The van der Waals surface area contributed by atoms with Crippen LogP contribution in [0.4, 0.5) is 16.3 Å². The number of nitrogens with zero attached hydrogens (tertiary/aromatic N) is 4. The van der Waals surface area contributed by atoms with Gasteiger partial charge in [-0.1, -0.05) is 23.7 Å². The predicted octanol–water partition coefficient (Wildman–Crippen LogP) is 4.17. The SMILES string of the molecule is COc1ccc(NC(=O)N2CCN(c3ccc(-c4ccc(Cl)cc4)nn3)CC2)c(OC)c1. The van der Waals surface area contributed by atoms with Gasteiger partial charge in [0.05, 0.1) is 25.6 Å². The number of hydrogen-bond acceptors (Lipinski definition) is 6. The zero-order valence-corrected chi connectivity index (χ0v) is 18.7. The van der Waals surface area contributed by atoms with Gasteiger partial charge in [-0.2, -0.15) is 0 Å². The number of carbonyl (C=O) groups excluding carboxylic acids is 1. The number of anilines is 2. The molecule has 1 aromatic heterocycles. The molecule has 0 unspecified atom stereocenters. The summed E-state index contributed by atoms with van der Waals surface area (Å²) < 4.78 is 10.6. The van der Waals surface area contributed by atoms with E-state index >= 15 is 0 Å². The number of halogens is 1. The largest absolute Gasteiger partial charge is 0.497 e. The second kappa shape index (κ2) is 9.74. The molecule has 1 N–H and O–H groups in total. The molecule has 3 aromatic rings. The van der Waals surface area contributed by atoms with Crippen LogP contribution in [0.1, 0.15) is 0 Å². The number of urea groups is 1. The molecule has 8 nitrogen and oxygen atoms in total. The van der Waals surface area contributed by atoms with Gasteiger partial charge in [-0.25, -0.2) is 4.79 Å². The van der Waals surface area contributed by atoms with Crippen LogP contribution in [0.25, 0.3) is 11.3 Å². The van der Waals surface area contributed by atoms with Crippen LogP contribution in [-0.2, 0) is 0 Å². The molecule has 1 aliphatic heterocycles. The first-order valence-corrected chi connectivity index (χ1v) is 10.6. The average molecular weight is 454 g/mol. The fourth-order valence-electron chi connectivity index (χ4n) is 3.50. The first kappa shape index (κ1) is 21.7. The van der Waals surface area contributed by atoms with E-state index in [9.17, 15) is 4.79 Å². The maximum absolute atomic E-state index is 12.7. The van der Waals surface area contributed by atoms with E-state index in [0.29, 0.717) is 48.4 Å². The minimum absolute atomic E-state index is 0.169. The number of aromatic nitrogens is 2. The predicted molar refractivity (Wildman–Crippen MR) is 125 cm³/mol. The third-order valence-electron chi connectivity index (χ3n) is 5.33. The Hall–Kier alpha value is -3.52. The second-order valence-corrected chi connectivity index (χ2v) is 7.69. The number of nitrogens with one attached hydrogen (secondary N) is 1. The third-order valence-corrected chi connectivity index (χ3v) is 5.58. The maximum Gasteiger partial charge on any atom is 0.322 e. The van der Waals surface area contributed by atoms with E-state index in [-0.39, 0.29) is 6.03 Å². The van der Waals surface area contributed by atoms with Crippen molar-refractivity contribution in [2.75, 3.05) is 50.6 Å². The van der Waals surface area contributed by atoms with Crippen molar-refractivity contribution in [3.8, 4) is 22.8 Å². The van der Waals surface area contributed by atoms with E-state index in [2.05, 4.69) is 20.4 Å². The zero-order chi connectivity index (χ0) is 22.5. The fraction of sp³-hybridized carbons (Fsp3) is 0.261. The molecule has 0 spiro atoms. The molecule has 9 heteroatoms. The summed E-state index contributed by atoms with van der Waals surface area (Å²) in [5, 5.41) is 12.3. The monoisotopic (exact) mass is 453 g/mol. The summed E-state index contributed by atoms with van der Waals surface area (Å²) in [7, 11) is 3.14. The molecule has 2 amide bonds. The summed E-state index contributed by atoms with van der Waals surface area (Å²) >= 11 is 5.95. The Balaban J connectivity index is 1.35. The lowest BCUT2D eigenvalue weighted by molar-refractivity contribution is 0.208. The zero-order valence-electron chi connectivity index (χ0n) is 17.9. The average Bonchev–Trinajstić information content (AvgIpc) is 2.85. The molecule has 0 aliphatic carbocycles. The van der Waals surface area contributed by atoms with Gasteiger partial charge >= 0.3 is 6.03 Å². The summed E-state index contributed by atoms with van der Waals surface area (Å²) in [6, 6.07) is 16.5. The van der Waals surface area contributed by atoms with Gasteiger partial charge in [0.15, 0.2) is 5.82 Å². The van der Waals surface area contributed by atoms with Crippen LogP contribution >= 0.6 is 11.6 Å². The van der Waals surface area contributed by atoms with E-state index in [1.165, 1.54) is 0 Å². The molecule has 1 aliphatic rings. The third kappa shape index (κ3) is 4.86. The Morgan fingerprint density at radius 3 is 2.31 bits per heavy atom. The smallest absolute Gasteiger partial charge is 0.322 e. The molecule has 0 radical (unpaired) electrons. The van der Waals surface area contributed by atoms with Crippen LogP contribution in [0.2, 0.25) is 5.02 Å². The highest BCUT2D eigenvalue weighted by Crippen LogP contribution is 2.29. The number of carbonyl (C=O) groups is 1. The summed E-state index contributed by atoms with van der Waals surface area (Å²) in [5.41, 5.74) is 2.35. The summed E-state index contributed by atoms with van der Waals surface area (Å²) in [5.74, 6) is 2.00. The van der Waals surface area contributed by atoms with Gasteiger partial charge in [-0.05, 0) is 36.4 Å². The van der Waals surface area contributed by atoms with Crippen molar-refractivity contribution in [1.29, 1.82) is 0 Å². The van der Waals surface area contributed by atoms with Crippen molar-refractivity contribution in [1.82, 2.24) is 15.1 Å². The van der Waals surface area contributed by atoms with Crippen molar-refractivity contribution in [3.05, 3.63) is 59.6 Å². The number of ether oxygens (including phenoxy) is 2. The highest BCUT2D eigenvalue weighted by Gasteiger charge is 2.23. The van der Waals surface area contributed by atoms with Crippen LogP contribution in [0.15, 0.2) is 54.6 Å². The van der Waals surface area contributed by atoms with Crippen molar-refractivity contribution < 1.29 is 14.3 Å². The van der Waals surface area contributed by atoms with E-state index in [0.717, 1.165) is 17.1 Å². The molecule has 4 rings (SSSR count). The Morgan fingerprint density at radius 2 is 1.69 bits per heavy atom. The van der Waals surface area contributed by atoms with Crippen molar-refractivity contribution in [2.24, 2.45) is 0 Å². The quantitative estimate of drug-likeness (QED) is 0.624. The first-order chi connectivity index (χ1) is 15.6. The summed E-state index contributed by atoms with van der Waals surface area (Å²) in [6.07, 6.45) is 0. The Bertz CT molecular complexity index is 1070. The van der Waals surface area contributed by atoms with Crippen molar-refractivity contribution in [3.63, 3.8) is 0 Å². The van der Waals surface area contributed by atoms with Crippen LogP contribution in [0.5, 0.6) is 11.5 Å². The topological polar surface area (TPSA) is 79.8 Å². The highest BCUT2D eigenvalue weighted by molar-refractivity contribution is 6.30. The lowest BCUT2D eigenvalue weighted by Crippen LogP contribution is -2.50. The molecule has 2 heterocycles. The van der Waals surface area contributed by atoms with E-state index in [1.54, 1.807) is 37.3 Å². The lowest BCUT2D eigenvalue weighted by atomic mass is 10.1. The minimum atomic E-state index is -0.169. The normalized spacial score (nSPS) is 13.6. The van der Waals surface area contributed by atoms with Gasteiger partial charge < -0.3 is 24.6 Å². The Morgan fingerprint density at radius 1 is 0.938 bits per heavy atom. The fourth-order valence-corrected chi connectivity index (χ4v) is 3.63. The molecule has 1 saturated heterocycles. The summed E-state index contributed by atoms with van der Waals surface area (Å²) in [4.78, 5) is 16.6. The van der Waals surface area contributed by atoms with Gasteiger partial charge in [0.1, 0.15) is 11.5 Å². The van der Waals surface area contributed by atoms with Crippen LogP contribution in [0, 0.1) is 0 Å². The number of hydrogen-bond donors (Lipinski definition) is 1.